The summed E-state index contributed by atoms with van der Waals surface area (Å²) in [5.74, 6) is -0.300. The van der Waals surface area contributed by atoms with Crippen LogP contribution < -0.4 is 10.6 Å². The highest BCUT2D eigenvalue weighted by molar-refractivity contribution is 7.80. The molecule has 126 valence electrons. The van der Waals surface area contributed by atoms with Crippen molar-refractivity contribution in [2.75, 3.05) is 5.32 Å². The Morgan fingerprint density at radius 3 is 2.24 bits per heavy atom. The van der Waals surface area contributed by atoms with Crippen LogP contribution in [0.5, 0.6) is 0 Å². The molecule has 0 saturated carbocycles. The number of thiocarbonyl (C=S) groups is 1. The van der Waals surface area contributed by atoms with Gasteiger partial charge in [-0.2, -0.15) is 0 Å². The molecule has 0 saturated heterocycles. The molecule has 0 spiro atoms. The molecule has 2 nitrogen and oxygen atoms in total. The van der Waals surface area contributed by atoms with Gasteiger partial charge in [0.1, 0.15) is 5.82 Å². The second kappa shape index (κ2) is 7.90. The molecule has 0 aliphatic rings. The van der Waals surface area contributed by atoms with Crippen LogP contribution in [0.3, 0.4) is 0 Å². The minimum absolute atomic E-state index is 0.0876. The lowest BCUT2D eigenvalue weighted by molar-refractivity contribution is 0.628. The van der Waals surface area contributed by atoms with E-state index in [-0.39, 0.29) is 11.9 Å². The zero-order valence-electron chi connectivity index (χ0n) is 13.9. The number of rotatable bonds is 4. The van der Waals surface area contributed by atoms with E-state index in [2.05, 4.69) is 54.0 Å². The second-order valence-corrected chi connectivity index (χ2v) is 6.27. The van der Waals surface area contributed by atoms with E-state index in [9.17, 15) is 4.39 Å². The van der Waals surface area contributed by atoms with Crippen LogP contribution >= 0.6 is 12.2 Å². The summed E-state index contributed by atoms with van der Waals surface area (Å²) in [5.41, 5.74) is 4.04. The molecular formula is C21H19FN2S. The third-order valence-electron chi connectivity index (χ3n) is 3.90. The molecule has 3 aromatic carbocycles. The van der Waals surface area contributed by atoms with E-state index in [1.807, 2.05) is 18.2 Å². The number of hydrogen-bond donors (Lipinski definition) is 2. The van der Waals surface area contributed by atoms with Gasteiger partial charge < -0.3 is 10.6 Å². The molecule has 0 aliphatic heterocycles. The Balaban J connectivity index is 1.82. The van der Waals surface area contributed by atoms with Gasteiger partial charge in [-0.1, -0.05) is 66.2 Å². The standard InChI is InChI=1S/C21H19FN2S/c1-15-10-12-17(13-11-15)20(16-6-3-2-4-7-16)24-21(25)23-19-9-5-8-18(22)14-19/h2-14,20H,1H3,(H2,23,24,25). The number of benzene rings is 3. The summed E-state index contributed by atoms with van der Waals surface area (Å²) in [6.07, 6.45) is 0. The van der Waals surface area contributed by atoms with Gasteiger partial charge in [-0.25, -0.2) is 4.39 Å². The number of hydrogen-bond acceptors (Lipinski definition) is 1. The van der Waals surface area contributed by atoms with Crippen molar-refractivity contribution in [2.45, 2.75) is 13.0 Å². The zero-order valence-corrected chi connectivity index (χ0v) is 14.7. The monoisotopic (exact) mass is 350 g/mol. The summed E-state index contributed by atoms with van der Waals surface area (Å²) in [7, 11) is 0. The summed E-state index contributed by atoms with van der Waals surface area (Å²) < 4.78 is 13.3. The van der Waals surface area contributed by atoms with Gasteiger partial charge >= 0.3 is 0 Å². The van der Waals surface area contributed by atoms with Crippen molar-refractivity contribution in [3.8, 4) is 0 Å². The molecule has 4 heteroatoms. The Morgan fingerprint density at radius 1 is 0.880 bits per heavy atom. The van der Waals surface area contributed by atoms with Gasteiger partial charge in [-0.05, 0) is 48.5 Å². The van der Waals surface area contributed by atoms with Gasteiger partial charge in [-0.3, -0.25) is 0 Å². The van der Waals surface area contributed by atoms with E-state index < -0.39 is 0 Å². The van der Waals surface area contributed by atoms with Gasteiger partial charge in [0.25, 0.3) is 0 Å². The fourth-order valence-electron chi connectivity index (χ4n) is 2.63. The van der Waals surface area contributed by atoms with E-state index >= 15 is 0 Å². The fourth-order valence-corrected chi connectivity index (χ4v) is 2.86. The lowest BCUT2D eigenvalue weighted by atomic mass is 9.98. The van der Waals surface area contributed by atoms with Gasteiger partial charge in [-0.15, -0.1) is 0 Å². The molecule has 1 atom stereocenters. The van der Waals surface area contributed by atoms with Crippen LogP contribution in [0.15, 0.2) is 78.9 Å². The smallest absolute Gasteiger partial charge is 0.171 e. The first kappa shape index (κ1) is 17.1. The molecule has 0 fully saturated rings. The van der Waals surface area contributed by atoms with Crippen molar-refractivity contribution in [3.05, 3.63) is 101 Å². The molecule has 0 bridgehead atoms. The molecule has 25 heavy (non-hydrogen) atoms. The lowest BCUT2D eigenvalue weighted by Crippen LogP contribution is -2.33. The Kier molecular flexibility index (Phi) is 5.41. The average molecular weight is 350 g/mol. The highest BCUT2D eigenvalue weighted by Crippen LogP contribution is 2.22. The minimum atomic E-state index is -0.300. The number of halogens is 1. The van der Waals surface area contributed by atoms with Gasteiger partial charge in [0.05, 0.1) is 6.04 Å². The van der Waals surface area contributed by atoms with E-state index in [0.717, 1.165) is 11.1 Å². The molecule has 0 heterocycles. The van der Waals surface area contributed by atoms with Crippen molar-refractivity contribution < 1.29 is 4.39 Å². The van der Waals surface area contributed by atoms with Gasteiger partial charge in [0.2, 0.25) is 0 Å². The highest BCUT2D eigenvalue weighted by atomic mass is 32.1. The quantitative estimate of drug-likeness (QED) is 0.632. The molecule has 0 aliphatic carbocycles. The molecule has 0 aromatic heterocycles. The average Bonchev–Trinajstić information content (AvgIpc) is 2.61. The third-order valence-corrected chi connectivity index (χ3v) is 4.12. The van der Waals surface area contributed by atoms with E-state index in [0.29, 0.717) is 10.8 Å². The van der Waals surface area contributed by atoms with Crippen molar-refractivity contribution >= 4 is 23.0 Å². The molecular weight excluding hydrogens is 331 g/mol. The highest BCUT2D eigenvalue weighted by Gasteiger charge is 2.15. The molecule has 0 amide bonds. The Hall–Kier alpha value is -2.72. The van der Waals surface area contributed by atoms with Crippen LogP contribution in [0.25, 0.3) is 0 Å². The van der Waals surface area contributed by atoms with Gasteiger partial charge in [0, 0.05) is 5.69 Å². The maximum Gasteiger partial charge on any atom is 0.171 e. The summed E-state index contributed by atoms with van der Waals surface area (Å²) >= 11 is 5.44. The Labute approximate surface area is 152 Å². The first-order valence-electron chi connectivity index (χ1n) is 8.06. The predicted molar refractivity (Wildman–Crippen MR) is 105 cm³/mol. The van der Waals surface area contributed by atoms with Crippen LogP contribution in [0.1, 0.15) is 22.7 Å². The van der Waals surface area contributed by atoms with Crippen molar-refractivity contribution in [1.29, 1.82) is 0 Å². The third kappa shape index (κ3) is 4.64. The minimum Gasteiger partial charge on any atom is -0.352 e. The molecule has 2 N–H and O–H groups in total. The molecule has 3 aromatic rings. The summed E-state index contributed by atoms with van der Waals surface area (Å²) in [6.45, 7) is 2.06. The maximum absolute atomic E-state index is 13.3. The molecule has 1 unspecified atom stereocenters. The van der Waals surface area contributed by atoms with E-state index in [4.69, 9.17) is 12.2 Å². The maximum atomic E-state index is 13.3. The first-order valence-corrected chi connectivity index (χ1v) is 8.47. The van der Waals surface area contributed by atoms with Crippen LogP contribution in [0, 0.1) is 12.7 Å². The predicted octanol–water partition coefficient (Wildman–Crippen LogP) is 5.21. The summed E-state index contributed by atoms with van der Waals surface area (Å²) in [5, 5.41) is 6.82. The number of anilines is 1. The van der Waals surface area contributed by atoms with Crippen molar-refractivity contribution in [2.24, 2.45) is 0 Å². The number of nitrogens with one attached hydrogen (secondary N) is 2. The SMILES string of the molecule is Cc1ccc(C(NC(=S)Nc2cccc(F)c2)c2ccccc2)cc1. The number of aryl methyl sites for hydroxylation is 1. The second-order valence-electron chi connectivity index (χ2n) is 5.86. The Morgan fingerprint density at radius 2 is 1.56 bits per heavy atom. The van der Waals surface area contributed by atoms with Crippen LogP contribution in [-0.4, -0.2) is 5.11 Å². The molecule has 0 radical (unpaired) electrons. The summed E-state index contributed by atoms with van der Waals surface area (Å²) in [6, 6.07) is 24.6. The van der Waals surface area contributed by atoms with Crippen molar-refractivity contribution in [1.82, 2.24) is 5.32 Å². The topological polar surface area (TPSA) is 24.1 Å². The molecule has 3 rings (SSSR count). The van der Waals surface area contributed by atoms with Crippen LogP contribution in [-0.2, 0) is 0 Å². The van der Waals surface area contributed by atoms with Crippen LogP contribution in [0.2, 0.25) is 0 Å². The van der Waals surface area contributed by atoms with Crippen LogP contribution in [0.4, 0.5) is 10.1 Å². The fraction of sp³-hybridized carbons (Fsp3) is 0.0952. The normalized spacial score (nSPS) is 11.6. The van der Waals surface area contributed by atoms with E-state index in [1.54, 1.807) is 12.1 Å². The van der Waals surface area contributed by atoms with E-state index in [1.165, 1.54) is 17.7 Å². The van der Waals surface area contributed by atoms with Crippen molar-refractivity contribution in [3.63, 3.8) is 0 Å². The van der Waals surface area contributed by atoms with Gasteiger partial charge in [0.15, 0.2) is 5.11 Å². The Bertz CT molecular complexity index is 847. The summed E-state index contributed by atoms with van der Waals surface area (Å²) in [4.78, 5) is 0. The first-order chi connectivity index (χ1) is 12.1. The lowest BCUT2D eigenvalue weighted by Gasteiger charge is -2.22. The zero-order chi connectivity index (χ0) is 17.6. The largest absolute Gasteiger partial charge is 0.352 e.